The second-order valence-electron chi connectivity index (χ2n) is 8.28. The van der Waals surface area contributed by atoms with Gasteiger partial charge in [0, 0.05) is 29.8 Å². The number of benzene rings is 1. The molecule has 8 heteroatoms. The van der Waals surface area contributed by atoms with Gasteiger partial charge >= 0.3 is 0 Å². The minimum absolute atomic E-state index is 0.143. The first kappa shape index (κ1) is 19.8. The Labute approximate surface area is 180 Å². The van der Waals surface area contributed by atoms with Gasteiger partial charge in [0.15, 0.2) is 0 Å². The average molecular weight is 420 g/mol. The maximum Gasteiger partial charge on any atom is 0.251 e. The molecule has 0 amide bonds. The second-order valence-corrected chi connectivity index (χ2v) is 8.28. The van der Waals surface area contributed by atoms with Crippen molar-refractivity contribution in [2.75, 3.05) is 12.0 Å². The summed E-state index contributed by atoms with van der Waals surface area (Å²) in [4.78, 5) is 11.3. The molecule has 2 aromatic heterocycles. The second kappa shape index (κ2) is 8.19. The van der Waals surface area contributed by atoms with Crippen molar-refractivity contribution in [2.24, 2.45) is 5.73 Å². The first-order valence-corrected chi connectivity index (χ1v) is 10.7. The van der Waals surface area contributed by atoms with Gasteiger partial charge in [-0.1, -0.05) is 6.07 Å². The van der Waals surface area contributed by atoms with Crippen molar-refractivity contribution < 1.29 is 9.13 Å². The van der Waals surface area contributed by atoms with E-state index in [9.17, 15) is 4.39 Å². The number of methoxy groups -OCH3 is 1. The molecule has 0 bridgehead atoms. The SMILES string of the molecule is COc1cccc(F)c1-c1ccc(N(c2ncc(C3CC3)nn2)[C@H]2CC[C@H](N)C2)nc1. The molecule has 2 aliphatic rings. The molecule has 0 saturated heterocycles. The summed E-state index contributed by atoms with van der Waals surface area (Å²) in [7, 11) is 1.53. The van der Waals surface area contributed by atoms with E-state index in [0.717, 1.165) is 37.8 Å². The van der Waals surface area contributed by atoms with Gasteiger partial charge in [-0.05, 0) is 56.4 Å². The molecule has 7 nitrogen and oxygen atoms in total. The summed E-state index contributed by atoms with van der Waals surface area (Å²) < 4.78 is 19.8. The largest absolute Gasteiger partial charge is 0.496 e. The molecule has 2 heterocycles. The predicted octanol–water partition coefficient (Wildman–Crippen LogP) is 3.98. The van der Waals surface area contributed by atoms with Crippen LogP contribution in [0.2, 0.25) is 0 Å². The maximum absolute atomic E-state index is 14.5. The molecule has 0 radical (unpaired) electrons. The first-order chi connectivity index (χ1) is 15.1. The van der Waals surface area contributed by atoms with Gasteiger partial charge in [-0.25, -0.2) is 14.4 Å². The third-order valence-corrected chi connectivity index (χ3v) is 6.07. The minimum atomic E-state index is -0.351. The molecule has 160 valence electrons. The van der Waals surface area contributed by atoms with E-state index in [1.165, 1.54) is 13.2 Å². The van der Waals surface area contributed by atoms with E-state index in [2.05, 4.69) is 20.2 Å². The number of rotatable bonds is 6. The zero-order valence-electron chi connectivity index (χ0n) is 17.4. The fourth-order valence-electron chi connectivity index (χ4n) is 4.26. The van der Waals surface area contributed by atoms with Crippen molar-refractivity contribution in [3.8, 4) is 16.9 Å². The lowest BCUT2D eigenvalue weighted by Crippen LogP contribution is -2.32. The lowest BCUT2D eigenvalue weighted by molar-refractivity contribution is 0.413. The van der Waals surface area contributed by atoms with Gasteiger partial charge in [0.1, 0.15) is 17.4 Å². The van der Waals surface area contributed by atoms with Gasteiger partial charge in [0.05, 0.1) is 24.6 Å². The summed E-state index contributed by atoms with van der Waals surface area (Å²) in [6, 6.07) is 8.77. The van der Waals surface area contributed by atoms with Gasteiger partial charge in [-0.2, -0.15) is 0 Å². The molecule has 2 saturated carbocycles. The smallest absolute Gasteiger partial charge is 0.251 e. The molecule has 5 rings (SSSR count). The number of hydrogen-bond acceptors (Lipinski definition) is 7. The molecular weight excluding hydrogens is 395 g/mol. The van der Waals surface area contributed by atoms with Crippen LogP contribution in [-0.4, -0.2) is 39.4 Å². The number of ether oxygens (including phenoxy) is 1. The number of anilines is 2. The topological polar surface area (TPSA) is 90.0 Å². The van der Waals surface area contributed by atoms with Crippen LogP contribution >= 0.6 is 0 Å². The Kier molecular flexibility index (Phi) is 5.23. The minimum Gasteiger partial charge on any atom is -0.496 e. The van der Waals surface area contributed by atoms with Gasteiger partial charge in [0.2, 0.25) is 0 Å². The number of pyridine rings is 1. The molecule has 2 atom stereocenters. The third-order valence-electron chi connectivity index (χ3n) is 6.07. The Balaban J connectivity index is 1.49. The summed E-state index contributed by atoms with van der Waals surface area (Å²) in [5.74, 6) is 1.83. The molecule has 2 fully saturated rings. The Bertz CT molecular complexity index is 1050. The summed E-state index contributed by atoms with van der Waals surface area (Å²) in [5.41, 5.74) is 8.16. The lowest BCUT2D eigenvalue weighted by atomic mass is 10.1. The van der Waals surface area contributed by atoms with Crippen LogP contribution in [0.4, 0.5) is 16.2 Å². The van der Waals surface area contributed by atoms with E-state index >= 15 is 0 Å². The summed E-state index contributed by atoms with van der Waals surface area (Å²) in [6.45, 7) is 0. The van der Waals surface area contributed by atoms with Crippen LogP contribution in [0.3, 0.4) is 0 Å². The van der Waals surface area contributed by atoms with Crippen LogP contribution in [0.5, 0.6) is 5.75 Å². The molecule has 2 aliphatic carbocycles. The molecule has 0 unspecified atom stereocenters. The van der Waals surface area contributed by atoms with Gasteiger partial charge in [-0.15, -0.1) is 10.2 Å². The quantitative estimate of drug-likeness (QED) is 0.645. The number of halogens is 1. The predicted molar refractivity (Wildman–Crippen MR) is 116 cm³/mol. The summed E-state index contributed by atoms with van der Waals surface area (Å²) >= 11 is 0. The zero-order valence-corrected chi connectivity index (χ0v) is 17.4. The van der Waals surface area contributed by atoms with Crippen molar-refractivity contribution in [3.05, 3.63) is 54.2 Å². The van der Waals surface area contributed by atoms with Crippen molar-refractivity contribution >= 4 is 11.8 Å². The Hall–Kier alpha value is -3.13. The fraction of sp³-hybridized carbons (Fsp3) is 0.391. The lowest BCUT2D eigenvalue weighted by Gasteiger charge is -2.28. The van der Waals surface area contributed by atoms with Gasteiger partial charge < -0.3 is 10.5 Å². The zero-order chi connectivity index (χ0) is 21.4. The summed E-state index contributed by atoms with van der Waals surface area (Å²) in [5, 5.41) is 8.81. The average Bonchev–Trinajstić information content (AvgIpc) is 3.56. The van der Waals surface area contributed by atoms with E-state index in [4.69, 9.17) is 10.5 Å². The van der Waals surface area contributed by atoms with Crippen molar-refractivity contribution in [1.29, 1.82) is 0 Å². The number of nitrogens with two attached hydrogens (primary N) is 1. The molecule has 3 aromatic rings. The molecule has 0 aliphatic heterocycles. The van der Waals surface area contributed by atoms with Crippen molar-refractivity contribution in [1.82, 2.24) is 20.2 Å². The van der Waals surface area contributed by atoms with Gasteiger partial charge in [-0.3, -0.25) is 4.90 Å². The standard InChI is InChI=1S/C23H25FN6O/c1-31-20-4-2-3-18(24)22(20)15-7-10-21(26-12-15)30(17-9-8-16(25)11-17)23-27-13-19(28-29-23)14-5-6-14/h2-4,7,10,12-14,16-17H,5-6,8-9,11,25H2,1H3/t16-,17-/m0/s1. The van der Waals surface area contributed by atoms with E-state index in [0.29, 0.717) is 34.6 Å². The molecule has 31 heavy (non-hydrogen) atoms. The van der Waals surface area contributed by atoms with Crippen molar-refractivity contribution in [2.45, 2.75) is 50.1 Å². The Morgan fingerprint density at radius 3 is 2.52 bits per heavy atom. The van der Waals surface area contributed by atoms with Crippen LogP contribution in [0.15, 0.2) is 42.7 Å². The van der Waals surface area contributed by atoms with E-state index < -0.39 is 0 Å². The highest BCUT2D eigenvalue weighted by atomic mass is 19.1. The summed E-state index contributed by atoms with van der Waals surface area (Å²) in [6.07, 6.45) is 8.49. The number of hydrogen-bond donors (Lipinski definition) is 1. The first-order valence-electron chi connectivity index (χ1n) is 10.7. The Morgan fingerprint density at radius 2 is 1.90 bits per heavy atom. The van der Waals surface area contributed by atoms with Crippen LogP contribution in [0.1, 0.15) is 43.7 Å². The van der Waals surface area contributed by atoms with E-state index in [1.54, 1.807) is 18.3 Å². The molecular formula is C23H25FN6O. The van der Waals surface area contributed by atoms with Crippen LogP contribution in [-0.2, 0) is 0 Å². The van der Waals surface area contributed by atoms with Crippen LogP contribution < -0.4 is 15.4 Å². The highest BCUT2D eigenvalue weighted by molar-refractivity contribution is 5.71. The fourth-order valence-corrected chi connectivity index (χ4v) is 4.26. The molecule has 0 spiro atoms. The Morgan fingerprint density at radius 1 is 1.03 bits per heavy atom. The molecule has 1 aromatic carbocycles. The van der Waals surface area contributed by atoms with E-state index in [1.807, 2.05) is 23.2 Å². The normalized spacial score (nSPS) is 20.6. The van der Waals surface area contributed by atoms with Crippen molar-refractivity contribution in [3.63, 3.8) is 0 Å². The molecule has 2 N–H and O–H groups in total. The third kappa shape index (κ3) is 3.95. The van der Waals surface area contributed by atoms with Crippen LogP contribution in [0, 0.1) is 5.82 Å². The monoisotopic (exact) mass is 420 g/mol. The number of aromatic nitrogens is 4. The highest BCUT2D eigenvalue weighted by Gasteiger charge is 2.32. The maximum atomic E-state index is 14.5. The van der Waals surface area contributed by atoms with E-state index in [-0.39, 0.29) is 17.9 Å². The van der Waals surface area contributed by atoms with Gasteiger partial charge in [0.25, 0.3) is 5.95 Å². The van der Waals surface area contributed by atoms with Crippen LogP contribution in [0.25, 0.3) is 11.1 Å². The number of nitrogens with zero attached hydrogens (tertiary/aromatic N) is 5. The highest BCUT2D eigenvalue weighted by Crippen LogP contribution is 2.39.